The zero-order valence-electron chi connectivity index (χ0n) is 17.7. The number of rotatable bonds is 5. The van der Waals surface area contributed by atoms with Gasteiger partial charge in [-0.3, -0.25) is 14.5 Å². The van der Waals surface area contributed by atoms with Gasteiger partial charge >= 0.3 is 0 Å². The molecule has 1 aromatic carbocycles. The predicted molar refractivity (Wildman–Crippen MR) is 111 cm³/mol. The molecule has 0 spiro atoms. The van der Waals surface area contributed by atoms with Crippen LogP contribution in [-0.2, 0) is 16.8 Å². The smallest absolute Gasteiger partial charge is 0.251 e. The van der Waals surface area contributed by atoms with Crippen molar-refractivity contribution in [3.8, 4) is 0 Å². The van der Waals surface area contributed by atoms with E-state index in [9.17, 15) is 9.59 Å². The predicted octanol–water partition coefficient (Wildman–Crippen LogP) is 2.35. The highest BCUT2D eigenvalue weighted by atomic mass is 16.5. The summed E-state index contributed by atoms with van der Waals surface area (Å²) in [5.74, 6) is 0.560. The highest BCUT2D eigenvalue weighted by molar-refractivity contribution is 5.96. The molecular formula is C22H30N4O3. The van der Waals surface area contributed by atoms with Crippen LogP contribution in [0.1, 0.15) is 48.1 Å². The van der Waals surface area contributed by atoms with Gasteiger partial charge in [0.25, 0.3) is 5.91 Å². The lowest BCUT2D eigenvalue weighted by molar-refractivity contribution is -0.131. The summed E-state index contributed by atoms with van der Waals surface area (Å²) in [6.45, 7) is 11.8. The minimum absolute atomic E-state index is 0.0150. The molecule has 0 atom stereocenters. The Hall–Kier alpha value is -2.67. The standard InChI is InChI=1S/C22H30N4O3/c1-16-13-19(29-24-16)15-25-9-11-26(12-10-25)20(27)14-23-21(28)17-5-7-18(8-6-17)22(2,3)4/h5-8,13H,9-12,14-15H2,1-4H3,(H,23,28). The summed E-state index contributed by atoms with van der Waals surface area (Å²) in [5.41, 5.74) is 2.65. The summed E-state index contributed by atoms with van der Waals surface area (Å²) < 4.78 is 5.25. The summed E-state index contributed by atoms with van der Waals surface area (Å²) in [4.78, 5) is 28.8. The van der Waals surface area contributed by atoms with Crippen molar-refractivity contribution in [1.29, 1.82) is 0 Å². The van der Waals surface area contributed by atoms with Crippen molar-refractivity contribution >= 4 is 11.8 Å². The second-order valence-corrected chi connectivity index (χ2v) is 8.60. The van der Waals surface area contributed by atoms with Crippen molar-refractivity contribution in [2.45, 2.75) is 39.7 Å². The molecule has 1 aliphatic rings. The van der Waals surface area contributed by atoms with Crippen LogP contribution in [0.4, 0.5) is 0 Å². The Morgan fingerprint density at radius 3 is 2.31 bits per heavy atom. The van der Waals surface area contributed by atoms with Crippen LogP contribution in [0.15, 0.2) is 34.9 Å². The lowest BCUT2D eigenvalue weighted by atomic mass is 9.87. The number of aromatic nitrogens is 1. The first-order valence-electron chi connectivity index (χ1n) is 10.0. The SMILES string of the molecule is Cc1cc(CN2CCN(C(=O)CNC(=O)c3ccc(C(C)(C)C)cc3)CC2)on1. The molecule has 0 unspecified atom stereocenters. The Morgan fingerprint density at radius 2 is 1.76 bits per heavy atom. The monoisotopic (exact) mass is 398 g/mol. The number of hydrogen-bond acceptors (Lipinski definition) is 5. The van der Waals surface area contributed by atoms with Crippen LogP contribution in [0.5, 0.6) is 0 Å². The van der Waals surface area contributed by atoms with E-state index in [0.29, 0.717) is 25.2 Å². The van der Waals surface area contributed by atoms with E-state index in [4.69, 9.17) is 4.52 Å². The molecule has 1 aromatic heterocycles. The molecule has 0 saturated carbocycles. The van der Waals surface area contributed by atoms with Crippen LogP contribution >= 0.6 is 0 Å². The van der Waals surface area contributed by atoms with Gasteiger partial charge in [0.1, 0.15) is 0 Å². The highest BCUT2D eigenvalue weighted by Crippen LogP contribution is 2.22. The second kappa shape index (κ2) is 8.78. The molecule has 1 saturated heterocycles. The minimum atomic E-state index is -0.224. The Labute approximate surface area is 172 Å². The molecule has 2 aromatic rings. The molecule has 3 rings (SSSR count). The van der Waals surface area contributed by atoms with E-state index in [-0.39, 0.29) is 23.8 Å². The van der Waals surface area contributed by atoms with Gasteiger partial charge in [-0.05, 0) is 30.0 Å². The van der Waals surface area contributed by atoms with Gasteiger partial charge in [0, 0.05) is 37.8 Å². The molecular weight excluding hydrogens is 368 g/mol. The molecule has 29 heavy (non-hydrogen) atoms. The Kier molecular flexibility index (Phi) is 6.37. The molecule has 0 aliphatic carbocycles. The fourth-order valence-electron chi connectivity index (χ4n) is 3.36. The Bertz CT molecular complexity index is 844. The summed E-state index contributed by atoms with van der Waals surface area (Å²) in [5, 5.41) is 6.64. The molecule has 0 bridgehead atoms. The molecule has 156 valence electrons. The first-order valence-corrected chi connectivity index (χ1v) is 10.0. The van der Waals surface area contributed by atoms with E-state index in [0.717, 1.165) is 24.5 Å². The van der Waals surface area contributed by atoms with Gasteiger partial charge in [-0.15, -0.1) is 0 Å². The van der Waals surface area contributed by atoms with Crippen LogP contribution < -0.4 is 5.32 Å². The lowest BCUT2D eigenvalue weighted by Crippen LogP contribution is -2.50. The largest absolute Gasteiger partial charge is 0.360 e. The quantitative estimate of drug-likeness (QED) is 0.836. The van der Waals surface area contributed by atoms with Crippen molar-refractivity contribution in [3.63, 3.8) is 0 Å². The van der Waals surface area contributed by atoms with E-state index < -0.39 is 0 Å². The van der Waals surface area contributed by atoms with Gasteiger partial charge in [-0.25, -0.2) is 0 Å². The number of nitrogens with zero attached hydrogens (tertiary/aromatic N) is 3. The maximum absolute atomic E-state index is 12.5. The van der Waals surface area contributed by atoms with Gasteiger partial charge in [0.05, 0.1) is 18.8 Å². The molecule has 1 aliphatic heterocycles. The summed E-state index contributed by atoms with van der Waals surface area (Å²) in [7, 11) is 0. The third-order valence-electron chi connectivity index (χ3n) is 5.19. The fourth-order valence-corrected chi connectivity index (χ4v) is 3.36. The number of carbonyl (C=O) groups excluding carboxylic acids is 2. The first kappa shape index (κ1) is 21.0. The lowest BCUT2D eigenvalue weighted by Gasteiger charge is -2.34. The highest BCUT2D eigenvalue weighted by Gasteiger charge is 2.22. The number of piperazine rings is 1. The summed E-state index contributed by atoms with van der Waals surface area (Å²) in [6, 6.07) is 9.48. The maximum Gasteiger partial charge on any atom is 0.251 e. The van der Waals surface area contributed by atoms with E-state index in [1.165, 1.54) is 5.56 Å². The average molecular weight is 399 g/mol. The summed E-state index contributed by atoms with van der Waals surface area (Å²) >= 11 is 0. The van der Waals surface area contributed by atoms with Crippen LogP contribution in [0.2, 0.25) is 0 Å². The van der Waals surface area contributed by atoms with Crippen molar-refractivity contribution < 1.29 is 14.1 Å². The van der Waals surface area contributed by atoms with Gasteiger partial charge < -0.3 is 14.7 Å². The number of hydrogen-bond donors (Lipinski definition) is 1. The third-order valence-corrected chi connectivity index (χ3v) is 5.19. The molecule has 1 fully saturated rings. The number of benzene rings is 1. The first-order chi connectivity index (χ1) is 13.7. The van der Waals surface area contributed by atoms with Crippen LogP contribution in [0, 0.1) is 6.92 Å². The van der Waals surface area contributed by atoms with Crippen molar-refractivity contribution in [2.24, 2.45) is 0 Å². The van der Waals surface area contributed by atoms with E-state index >= 15 is 0 Å². The molecule has 7 heteroatoms. The van der Waals surface area contributed by atoms with E-state index in [1.54, 1.807) is 4.90 Å². The normalized spacial score (nSPS) is 15.4. The van der Waals surface area contributed by atoms with Gasteiger partial charge in [0.15, 0.2) is 5.76 Å². The Balaban J connectivity index is 1.43. The molecule has 2 heterocycles. The average Bonchev–Trinajstić information content (AvgIpc) is 3.10. The number of amides is 2. The topological polar surface area (TPSA) is 78.7 Å². The second-order valence-electron chi connectivity index (χ2n) is 8.60. The van der Waals surface area contributed by atoms with E-state index in [2.05, 4.69) is 36.1 Å². The molecule has 7 nitrogen and oxygen atoms in total. The van der Waals surface area contributed by atoms with Crippen LogP contribution in [-0.4, -0.2) is 59.5 Å². The Morgan fingerprint density at radius 1 is 1.10 bits per heavy atom. The minimum Gasteiger partial charge on any atom is -0.360 e. The number of nitrogens with one attached hydrogen (secondary N) is 1. The van der Waals surface area contributed by atoms with Crippen molar-refractivity contribution in [3.05, 3.63) is 52.9 Å². The number of carbonyl (C=O) groups is 2. The van der Waals surface area contributed by atoms with Crippen molar-refractivity contribution in [2.75, 3.05) is 32.7 Å². The number of aryl methyl sites for hydroxylation is 1. The van der Waals surface area contributed by atoms with Crippen LogP contribution in [0.25, 0.3) is 0 Å². The molecule has 2 amide bonds. The van der Waals surface area contributed by atoms with E-state index in [1.807, 2.05) is 37.3 Å². The van der Waals surface area contributed by atoms with Gasteiger partial charge in [0.2, 0.25) is 5.91 Å². The van der Waals surface area contributed by atoms with Crippen molar-refractivity contribution in [1.82, 2.24) is 20.3 Å². The summed E-state index contributed by atoms with van der Waals surface area (Å²) in [6.07, 6.45) is 0. The van der Waals surface area contributed by atoms with Crippen LogP contribution in [0.3, 0.4) is 0 Å². The molecule has 1 N–H and O–H groups in total. The fraction of sp³-hybridized carbons (Fsp3) is 0.500. The maximum atomic E-state index is 12.5. The third kappa shape index (κ3) is 5.67. The zero-order valence-corrected chi connectivity index (χ0v) is 17.7. The molecule has 0 radical (unpaired) electrons. The zero-order chi connectivity index (χ0) is 21.0. The van der Waals surface area contributed by atoms with Gasteiger partial charge in [-0.1, -0.05) is 38.1 Å². The van der Waals surface area contributed by atoms with Gasteiger partial charge in [-0.2, -0.15) is 0 Å².